The Labute approximate surface area is 145 Å². The summed E-state index contributed by atoms with van der Waals surface area (Å²) in [5.41, 5.74) is 0.667. The van der Waals surface area contributed by atoms with Crippen LogP contribution in [0.25, 0.3) is 10.2 Å². The predicted molar refractivity (Wildman–Crippen MR) is 92.6 cm³/mol. The Morgan fingerprint density at radius 1 is 1.59 bits per heavy atom. The van der Waals surface area contributed by atoms with Crippen molar-refractivity contribution in [3.8, 4) is 0 Å². The average Bonchev–Trinajstić information content (AvgIpc) is 3.09. The molecule has 3 rings (SSSR count). The van der Waals surface area contributed by atoms with E-state index in [1.54, 1.807) is 0 Å². The maximum Gasteiger partial charge on any atom is 0.184 e. The van der Waals surface area contributed by atoms with E-state index in [1.807, 2.05) is 4.90 Å². The maximum absolute atomic E-state index is 14.3. The first-order chi connectivity index (χ1) is 10.5. The number of aliphatic hydroxyl groups is 1. The number of nitrogens with zero attached hydrogens (tertiary/aromatic N) is 2. The molecule has 1 saturated heterocycles. The van der Waals surface area contributed by atoms with Crippen molar-refractivity contribution >= 4 is 67.8 Å². The number of fused-ring (bicyclic) bond motifs is 1. The molecule has 0 saturated carbocycles. The fourth-order valence-electron chi connectivity index (χ4n) is 2.57. The van der Waals surface area contributed by atoms with Gasteiger partial charge in [0.2, 0.25) is 0 Å². The minimum atomic E-state index is -0.514. The second kappa shape index (κ2) is 6.41. The molecule has 0 spiro atoms. The summed E-state index contributed by atoms with van der Waals surface area (Å²) in [4.78, 5) is 5.97. The molecule has 2 N–H and O–H groups in total. The molecule has 2 aromatic rings. The Bertz CT molecular complexity index is 740. The number of benzene rings is 1. The highest BCUT2D eigenvalue weighted by Crippen LogP contribution is 2.38. The molecule has 2 heterocycles. The van der Waals surface area contributed by atoms with Gasteiger partial charge in [0.05, 0.1) is 28.1 Å². The van der Waals surface area contributed by atoms with Gasteiger partial charge in [0.25, 0.3) is 0 Å². The van der Waals surface area contributed by atoms with Gasteiger partial charge in [-0.25, -0.2) is 9.37 Å². The van der Waals surface area contributed by atoms with E-state index in [-0.39, 0.29) is 27.8 Å². The van der Waals surface area contributed by atoms with E-state index in [2.05, 4.69) is 10.3 Å². The van der Waals surface area contributed by atoms with E-state index in [1.165, 1.54) is 6.07 Å². The molecule has 9 heteroatoms. The Hall–Kier alpha value is -0.730. The molecule has 1 aliphatic heterocycles. The highest BCUT2D eigenvalue weighted by Gasteiger charge is 2.27. The van der Waals surface area contributed by atoms with E-state index in [4.69, 9.17) is 35.4 Å². The van der Waals surface area contributed by atoms with Gasteiger partial charge in [0.1, 0.15) is 11.3 Å². The van der Waals surface area contributed by atoms with Crippen LogP contribution in [0.2, 0.25) is 9.49 Å². The molecule has 0 bridgehead atoms. The molecule has 0 amide bonds. The summed E-state index contributed by atoms with van der Waals surface area (Å²) in [5.74, 6) is -0.514. The fraction of sp³-hybridized carbons (Fsp3) is 0.385. The first-order valence-electron chi connectivity index (χ1n) is 6.63. The van der Waals surface area contributed by atoms with Gasteiger partial charge in [0.15, 0.2) is 9.58 Å². The zero-order valence-corrected chi connectivity index (χ0v) is 14.4. The van der Waals surface area contributed by atoms with Crippen LogP contribution in [0.1, 0.15) is 12.8 Å². The minimum absolute atomic E-state index is 0.0206. The lowest BCUT2D eigenvalue weighted by atomic mass is 10.2. The number of hydrogen-bond donors (Lipinski definition) is 2. The zero-order chi connectivity index (χ0) is 15.9. The third-order valence-corrected chi connectivity index (χ3v) is 5.43. The van der Waals surface area contributed by atoms with Gasteiger partial charge < -0.3 is 15.3 Å². The van der Waals surface area contributed by atoms with Crippen LogP contribution in [0, 0.1) is 5.82 Å². The summed E-state index contributed by atoms with van der Waals surface area (Å²) in [6.45, 7) is 0.756. The summed E-state index contributed by atoms with van der Waals surface area (Å²) >= 11 is 18.4. The van der Waals surface area contributed by atoms with Crippen molar-refractivity contribution in [3.05, 3.63) is 21.4 Å². The lowest BCUT2D eigenvalue weighted by molar-refractivity contribution is 0.210. The largest absolute Gasteiger partial charge is 0.394 e. The Kier molecular flexibility index (Phi) is 4.70. The van der Waals surface area contributed by atoms with E-state index in [0.717, 1.165) is 30.7 Å². The molecule has 4 nitrogen and oxygen atoms in total. The van der Waals surface area contributed by atoms with Gasteiger partial charge in [-0.05, 0) is 31.1 Å². The van der Waals surface area contributed by atoms with Crippen molar-refractivity contribution in [1.82, 2.24) is 9.88 Å². The third-order valence-electron chi connectivity index (χ3n) is 3.63. The van der Waals surface area contributed by atoms with Crippen LogP contribution in [-0.4, -0.2) is 39.3 Å². The standard InChI is InChI=1S/C13H12Cl2FN3OS2/c14-7-4-8(16)10(11-9(7)17-12(15)22-11)18-13(21)19-3-1-2-6(19)5-20/h4,6,20H,1-3,5H2,(H,18,21). The number of aliphatic hydroxyl groups excluding tert-OH is 1. The summed E-state index contributed by atoms with van der Waals surface area (Å²) < 4.78 is 15.1. The van der Waals surface area contributed by atoms with Crippen LogP contribution in [0.5, 0.6) is 0 Å². The van der Waals surface area contributed by atoms with Crippen LogP contribution in [0.3, 0.4) is 0 Å². The van der Waals surface area contributed by atoms with E-state index < -0.39 is 5.82 Å². The quantitative estimate of drug-likeness (QED) is 0.774. The van der Waals surface area contributed by atoms with Gasteiger partial charge in [-0.15, -0.1) is 11.3 Å². The van der Waals surface area contributed by atoms with Crippen LogP contribution in [0.4, 0.5) is 10.1 Å². The molecule has 1 atom stereocenters. The normalized spacial score (nSPS) is 18.2. The van der Waals surface area contributed by atoms with Crippen molar-refractivity contribution in [3.63, 3.8) is 0 Å². The summed E-state index contributed by atoms with van der Waals surface area (Å²) in [5, 5.41) is 12.9. The van der Waals surface area contributed by atoms with Crippen LogP contribution in [-0.2, 0) is 0 Å². The van der Waals surface area contributed by atoms with Crippen molar-refractivity contribution in [1.29, 1.82) is 0 Å². The monoisotopic (exact) mass is 379 g/mol. The van der Waals surface area contributed by atoms with Gasteiger partial charge in [-0.1, -0.05) is 23.2 Å². The smallest absolute Gasteiger partial charge is 0.184 e. The van der Waals surface area contributed by atoms with Crippen molar-refractivity contribution < 1.29 is 9.50 Å². The fourth-order valence-corrected chi connectivity index (χ4v) is 4.33. The highest BCUT2D eigenvalue weighted by atomic mass is 35.5. The molecule has 1 aliphatic rings. The van der Waals surface area contributed by atoms with Crippen molar-refractivity contribution in [2.45, 2.75) is 18.9 Å². The molecule has 22 heavy (non-hydrogen) atoms. The first kappa shape index (κ1) is 16.1. The van der Waals surface area contributed by atoms with E-state index in [0.29, 0.717) is 15.3 Å². The number of thiocarbonyl (C=S) groups is 1. The first-order valence-corrected chi connectivity index (χ1v) is 8.62. The van der Waals surface area contributed by atoms with Crippen molar-refractivity contribution in [2.75, 3.05) is 18.5 Å². The number of aromatic nitrogens is 1. The molecule has 1 aromatic heterocycles. The van der Waals surface area contributed by atoms with Crippen LogP contribution >= 0.6 is 46.8 Å². The second-order valence-electron chi connectivity index (χ2n) is 4.96. The predicted octanol–water partition coefficient (Wildman–Crippen LogP) is 3.90. The number of likely N-dealkylation sites (tertiary alicyclic amines) is 1. The van der Waals surface area contributed by atoms with Gasteiger partial charge in [-0.2, -0.15) is 0 Å². The third kappa shape index (κ3) is 2.88. The number of halogens is 3. The Balaban J connectivity index is 1.95. The number of anilines is 1. The SMILES string of the molecule is OCC1CCCN1C(=S)Nc1c(F)cc(Cl)c2nc(Cl)sc12. The molecule has 0 aliphatic carbocycles. The Morgan fingerprint density at radius 3 is 3.09 bits per heavy atom. The molecule has 1 aromatic carbocycles. The van der Waals surface area contributed by atoms with Gasteiger partial charge in [-0.3, -0.25) is 0 Å². The molecule has 1 fully saturated rings. The van der Waals surface area contributed by atoms with Crippen LogP contribution in [0.15, 0.2) is 6.07 Å². The molecule has 118 valence electrons. The maximum atomic E-state index is 14.3. The molecule has 1 unspecified atom stereocenters. The van der Waals surface area contributed by atoms with Gasteiger partial charge in [0, 0.05) is 6.54 Å². The van der Waals surface area contributed by atoms with Crippen LogP contribution < -0.4 is 5.32 Å². The number of hydrogen-bond acceptors (Lipinski definition) is 4. The lowest BCUT2D eigenvalue weighted by Gasteiger charge is -2.26. The minimum Gasteiger partial charge on any atom is -0.394 e. The number of nitrogens with one attached hydrogen (secondary N) is 1. The summed E-state index contributed by atoms with van der Waals surface area (Å²) in [7, 11) is 0. The Morgan fingerprint density at radius 2 is 2.36 bits per heavy atom. The summed E-state index contributed by atoms with van der Waals surface area (Å²) in [6.07, 6.45) is 1.81. The average molecular weight is 380 g/mol. The number of rotatable bonds is 2. The number of thiazole rings is 1. The lowest BCUT2D eigenvalue weighted by Crippen LogP contribution is -2.40. The van der Waals surface area contributed by atoms with Gasteiger partial charge >= 0.3 is 0 Å². The second-order valence-corrected chi connectivity index (χ2v) is 7.34. The highest BCUT2D eigenvalue weighted by molar-refractivity contribution is 7.80. The molecule has 0 radical (unpaired) electrons. The topological polar surface area (TPSA) is 48.4 Å². The molecular weight excluding hydrogens is 368 g/mol. The van der Waals surface area contributed by atoms with Crippen molar-refractivity contribution in [2.24, 2.45) is 0 Å². The summed E-state index contributed by atoms with van der Waals surface area (Å²) in [6, 6.07) is 1.16. The van der Waals surface area contributed by atoms with E-state index in [9.17, 15) is 9.50 Å². The zero-order valence-electron chi connectivity index (χ0n) is 11.3. The molecular formula is C13H12Cl2FN3OS2. The van der Waals surface area contributed by atoms with E-state index >= 15 is 0 Å².